The van der Waals surface area contributed by atoms with Gasteiger partial charge in [0.25, 0.3) is 0 Å². The summed E-state index contributed by atoms with van der Waals surface area (Å²) in [7, 11) is 0. The van der Waals surface area contributed by atoms with Crippen molar-refractivity contribution < 1.29 is 14.3 Å². The van der Waals surface area contributed by atoms with Crippen molar-refractivity contribution in [2.45, 2.75) is 32.7 Å². The zero-order valence-electron chi connectivity index (χ0n) is 8.08. The summed E-state index contributed by atoms with van der Waals surface area (Å²) < 4.78 is 4.87. The van der Waals surface area contributed by atoms with Crippen LogP contribution >= 0.6 is 0 Å². The average Bonchev–Trinajstić information content (AvgIpc) is 2.47. The van der Waals surface area contributed by atoms with Crippen LogP contribution in [0.4, 0.5) is 0 Å². The van der Waals surface area contributed by atoms with Crippen LogP contribution in [0.5, 0.6) is 0 Å². The minimum Gasteiger partial charge on any atom is -0.464 e. The summed E-state index contributed by atoms with van der Waals surface area (Å²) in [5.41, 5.74) is 0. The number of amides is 1. The number of ether oxygens (including phenoxy) is 1. The molecule has 0 radical (unpaired) electrons. The fraction of sp³-hybridized carbons (Fsp3) is 0.778. The van der Waals surface area contributed by atoms with Crippen molar-refractivity contribution in [3.05, 3.63) is 0 Å². The van der Waals surface area contributed by atoms with Crippen LogP contribution in [0.25, 0.3) is 0 Å². The van der Waals surface area contributed by atoms with Gasteiger partial charge in [-0.25, -0.2) is 4.79 Å². The molecule has 13 heavy (non-hydrogen) atoms. The van der Waals surface area contributed by atoms with Crippen LogP contribution in [0.15, 0.2) is 0 Å². The maximum Gasteiger partial charge on any atom is 0.328 e. The highest BCUT2D eigenvalue weighted by Crippen LogP contribution is 2.19. The Morgan fingerprint density at radius 3 is 2.85 bits per heavy atom. The van der Waals surface area contributed by atoms with Gasteiger partial charge in [-0.05, 0) is 20.3 Å². The van der Waals surface area contributed by atoms with Crippen molar-refractivity contribution in [2.24, 2.45) is 0 Å². The highest BCUT2D eigenvalue weighted by Gasteiger charge is 2.35. The molecule has 0 bridgehead atoms. The van der Waals surface area contributed by atoms with E-state index in [-0.39, 0.29) is 17.9 Å². The predicted molar refractivity (Wildman–Crippen MR) is 47.0 cm³/mol. The minimum atomic E-state index is -0.336. The Bertz CT molecular complexity index is 215. The van der Waals surface area contributed by atoms with Crippen LogP contribution in [0.3, 0.4) is 0 Å². The Hall–Kier alpha value is -1.06. The molecule has 1 amide bonds. The lowest BCUT2D eigenvalue weighted by atomic mass is 10.2. The van der Waals surface area contributed by atoms with Crippen LogP contribution in [0.2, 0.25) is 0 Å². The first-order valence-corrected chi connectivity index (χ1v) is 4.66. The predicted octanol–water partition coefficient (Wildman–Crippen LogP) is 0.560. The number of carbonyl (C=O) groups is 2. The maximum absolute atomic E-state index is 11.3. The van der Waals surface area contributed by atoms with E-state index in [9.17, 15) is 9.59 Å². The largest absolute Gasteiger partial charge is 0.464 e. The van der Waals surface area contributed by atoms with Gasteiger partial charge in [0, 0.05) is 13.0 Å². The van der Waals surface area contributed by atoms with Gasteiger partial charge in [-0.15, -0.1) is 0 Å². The molecule has 0 aromatic heterocycles. The fourth-order valence-corrected chi connectivity index (χ4v) is 1.61. The molecule has 1 aliphatic heterocycles. The Balaban J connectivity index is 2.59. The number of rotatable bonds is 3. The molecule has 1 saturated heterocycles. The number of hydrogen-bond acceptors (Lipinski definition) is 3. The molecule has 74 valence electrons. The first kappa shape index (κ1) is 10.0. The SMILES string of the molecule is CCOC(=O)[C@H]1CCC(=O)N1CC. The molecular weight excluding hydrogens is 170 g/mol. The average molecular weight is 185 g/mol. The van der Waals surface area contributed by atoms with E-state index in [4.69, 9.17) is 4.74 Å². The molecule has 4 nitrogen and oxygen atoms in total. The van der Waals surface area contributed by atoms with Crippen LogP contribution in [0, 0.1) is 0 Å². The first-order chi connectivity index (χ1) is 6.20. The molecule has 0 N–H and O–H groups in total. The van der Waals surface area contributed by atoms with Gasteiger partial charge in [0.05, 0.1) is 6.61 Å². The lowest BCUT2D eigenvalue weighted by Gasteiger charge is -2.20. The summed E-state index contributed by atoms with van der Waals surface area (Å²) >= 11 is 0. The number of likely N-dealkylation sites (N-methyl/N-ethyl adjacent to an activating group) is 1. The van der Waals surface area contributed by atoms with Crippen LogP contribution in [-0.4, -0.2) is 36.0 Å². The van der Waals surface area contributed by atoms with Gasteiger partial charge in [-0.3, -0.25) is 4.79 Å². The van der Waals surface area contributed by atoms with Gasteiger partial charge in [0.2, 0.25) is 5.91 Å². The van der Waals surface area contributed by atoms with Crippen molar-refractivity contribution in [1.82, 2.24) is 4.90 Å². The number of esters is 1. The molecule has 0 aromatic rings. The van der Waals surface area contributed by atoms with E-state index >= 15 is 0 Å². The normalized spacial score (nSPS) is 22.2. The van der Waals surface area contributed by atoms with E-state index in [1.807, 2.05) is 6.92 Å². The standard InChI is InChI=1S/C9H15NO3/c1-3-10-7(5-6-8(10)11)9(12)13-4-2/h7H,3-6H2,1-2H3/t7-/m1/s1. The smallest absolute Gasteiger partial charge is 0.328 e. The number of nitrogens with zero attached hydrogens (tertiary/aromatic N) is 1. The summed E-state index contributed by atoms with van der Waals surface area (Å²) in [6, 6.07) is -0.336. The maximum atomic E-state index is 11.3. The first-order valence-electron chi connectivity index (χ1n) is 4.66. The molecule has 1 atom stereocenters. The molecule has 0 saturated carbocycles. The summed E-state index contributed by atoms with van der Waals surface area (Å²) in [4.78, 5) is 24.2. The molecule has 0 aliphatic carbocycles. The summed E-state index contributed by atoms with van der Waals surface area (Å²) in [6.07, 6.45) is 1.07. The Kier molecular flexibility index (Phi) is 3.28. The highest BCUT2D eigenvalue weighted by molar-refractivity contribution is 5.88. The third-order valence-electron chi connectivity index (χ3n) is 2.23. The van der Waals surface area contributed by atoms with Crippen molar-refractivity contribution in [1.29, 1.82) is 0 Å². The minimum absolute atomic E-state index is 0.0561. The lowest BCUT2D eigenvalue weighted by Crippen LogP contribution is -2.39. The quantitative estimate of drug-likeness (QED) is 0.603. The van der Waals surface area contributed by atoms with Crippen LogP contribution < -0.4 is 0 Å². The van der Waals surface area contributed by atoms with E-state index in [0.29, 0.717) is 26.0 Å². The molecule has 1 fully saturated rings. The zero-order chi connectivity index (χ0) is 9.84. The molecule has 1 heterocycles. The molecular formula is C9H15NO3. The number of carbonyl (C=O) groups excluding carboxylic acids is 2. The zero-order valence-corrected chi connectivity index (χ0v) is 8.08. The van der Waals surface area contributed by atoms with Crippen molar-refractivity contribution in [2.75, 3.05) is 13.2 Å². The monoisotopic (exact) mass is 185 g/mol. The molecule has 0 spiro atoms. The van der Waals surface area contributed by atoms with Crippen molar-refractivity contribution in [3.63, 3.8) is 0 Å². The second-order valence-corrected chi connectivity index (χ2v) is 2.99. The second-order valence-electron chi connectivity index (χ2n) is 2.99. The molecule has 1 rings (SSSR count). The van der Waals surface area contributed by atoms with Crippen LogP contribution in [0.1, 0.15) is 26.7 Å². The fourth-order valence-electron chi connectivity index (χ4n) is 1.61. The topological polar surface area (TPSA) is 46.6 Å². The third-order valence-corrected chi connectivity index (χ3v) is 2.23. The second kappa shape index (κ2) is 4.25. The van der Waals surface area contributed by atoms with Crippen molar-refractivity contribution in [3.8, 4) is 0 Å². The summed E-state index contributed by atoms with van der Waals surface area (Å²) in [5.74, 6) is -0.212. The Morgan fingerprint density at radius 2 is 2.31 bits per heavy atom. The molecule has 0 aromatic carbocycles. The van der Waals surface area contributed by atoms with Crippen LogP contribution in [-0.2, 0) is 14.3 Å². The van der Waals surface area contributed by atoms with E-state index in [0.717, 1.165) is 0 Å². The van der Waals surface area contributed by atoms with Gasteiger partial charge in [0.15, 0.2) is 0 Å². The van der Waals surface area contributed by atoms with E-state index in [1.54, 1.807) is 11.8 Å². The number of likely N-dealkylation sites (tertiary alicyclic amines) is 1. The lowest BCUT2D eigenvalue weighted by molar-refractivity contribution is -0.151. The van der Waals surface area contributed by atoms with Gasteiger partial charge in [-0.2, -0.15) is 0 Å². The van der Waals surface area contributed by atoms with E-state index in [2.05, 4.69) is 0 Å². The molecule has 4 heteroatoms. The Labute approximate surface area is 77.8 Å². The third kappa shape index (κ3) is 1.99. The molecule has 0 unspecified atom stereocenters. The number of hydrogen-bond donors (Lipinski definition) is 0. The Morgan fingerprint density at radius 1 is 1.62 bits per heavy atom. The summed E-state index contributed by atoms with van der Waals surface area (Å²) in [6.45, 7) is 4.60. The van der Waals surface area contributed by atoms with Crippen molar-refractivity contribution >= 4 is 11.9 Å². The van der Waals surface area contributed by atoms with Gasteiger partial charge in [-0.1, -0.05) is 0 Å². The summed E-state index contributed by atoms with van der Waals surface area (Å²) in [5, 5.41) is 0. The molecule has 1 aliphatic rings. The highest BCUT2D eigenvalue weighted by atomic mass is 16.5. The van der Waals surface area contributed by atoms with E-state index in [1.165, 1.54) is 0 Å². The van der Waals surface area contributed by atoms with E-state index < -0.39 is 0 Å². The van der Waals surface area contributed by atoms with Gasteiger partial charge in [0.1, 0.15) is 6.04 Å². The van der Waals surface area contributed by atoms with Gasteiger partial charge < -0.3 is 9.64 Å². The van der Waals surface area contributed by atoms with Gasteiger partial charge >= 0.3 is 5.97 Å².